The van der Waals surface area contributed by atoms with E-state index in [0.29, 0.717) is 10.7 Å². The number of carbonyl (C=O) groups is 1. The molecule has 1 amide bonds. The Bertz CT molecular complexity index is 524. The van der Waals surface area contributed by atoms with Crippen LogP contribution >= 0.6 is 11.6 Å². The molecule has 6 nitrogen and oxygen atoms in total. The van der Waals surface area contributed by atoms with Crippen molar-refractivity contribution < 1.29 is 4.79 Å². The average molecular weight is 238 g/mol. The third kappa shape index (κ3) is 2.12. The minimum atomic E-state index is -0.447. The second kappa shape index (κ2) is 4.19. The van der Waals surface area contributed by atoms with Crippen LogP contribution in [0.25, 0.3) is 0 Å². The first kappa shape index (κ1) is 10.4. The summed E-state index contributed by atoms with van der Waals surface area (Å²) in [5, 5.41) is 8.98. The molecule has 2 rings (SSSR count). The van der Waals surface area contributed by atoms with Crippen molar-refractivity contribution >= 4 is 29.1 Å². The van der Waals surface area contributed by atoms with Gasteiger partial charge in [0.25, 0.3) is 5.91 Å². The van der Waals surface area contributed by atoms with Crippen LogP contribution in [0, 0.1) is 0 Å². The van der Waals surface area contributed by atoms with Crippen LogP contribution in [0.2, 0.25) is 5.02 Å². The van der Waals surface area contributed by atoms with Gasteiger partial charge in [0.15, 0.2) is 0 Å². The van der Waals surface area contributed by atoms with E-state index >= 15 is 0 Å². The number of amides is 1. The quantitative estimate of drug-likeness (QED) is 0.733. The summed E-state index contributed by atoms with van der Waals surface area (Å²) >= 11 is 5.88. The van der Waals surface area contributed by atoms with E-state index in [2.05, 4.69) is 20.5 Å². The Morgan fingerprint density at radius 1 is 1.44 bits per heavy atom. The maximum Gasteiger partial charge on any atom is 0.293 e. The number of nitrogens with one attached hydrogen (secondary N) is 2. The van der Waals surface area contributed by atoms with Gasteiger partial charge < -0.3 is 11.1 Å². The van der Waals surface area contributed by atoms with E-state index in [1.165, 1.54) is 0 Å². The summed E-state index contributed by atoms with van der Waals surface area (Å²) in [6.45, 7) is 0. The number of anilines is 2. The zero-order valence-corrected chi connectivity index (χ0v) is 8.82. The first-order chi connectivity index (χ1) is 7.66. The summed E-state index contributed by atoms with van der Waals surface area (Å²) in [5.41, 5.74) is 5.78. The zero-order valence-electron chi connectivity index (χ0n) is 8.07. The second-order valence-electron chi connectivity index (χ2n) is 2.98. The van der Waals surface area contributed by atoms with Crippen LogP contribution in [0.1, 0.15) is 10.6 Å². The molecule has 0 aliphatic rings. The largest absolute Gasteiger partial charge is 0.366 e. The maximum absolute atomic E-state index is 11.6. The molecule has 0 fully saturated rings. The summed E-state index contributed by atoms with van der Waals surface area (Å²) in [7, 11) is 0. The molecule has 0 atom stereocenters. The molecule has 0 unspecified atom stereocenters. The molecule has 0 bridgehead atoms. The maximum atomic E-state index is 11.6. The van der Waals surface area contributed by atoms with Crippen molar-refractivity contribution in [1.82, 2.24) is 15.2 Å². The molecule has 16 heavy (non-hydrogen) atoms. The summed E-state index contributed by atoms with van der Waals surface area (Å²) in [6, 6.07) is 6.88. The highest BCUT2D eigenvalue weighted by Crippen LogP contribution is 2.20. The monoisotopic (exact) mass is 237 g/mol. The lowest BCUT2D eigenvalue weighted by Crippen LogP contribution is -2.14. The van der Waals surface area contributed by atoms with Crippen LogP contribution in [0.3, 0.4) is 0 Å². The minimum Gasteiger partial charge on any atom is -0.366 e. The molecule has 1 aromatic carbocycles. The molecule has 7 heteroatoms. The van der Waals surface area contributed by atoms with Gasteiger partial charge in [-0.05, 0) is 12.1 Å². The van der Waals surface area contributed by atoms with Crippen LogP contribution < -0.4 is 11.1 Å². The van der Waals surface area contributed by atoms with E-state index in [4.69, 9.17) is 17.3 Å². The van der Waals surface area contributed by atoms with Gasteiger partial charge in [0.1, 0.15) is 0 Å². The SMILES string of the molecule is Nc1n[nH]c(C(=O)Nc2ccccc2Cl)n1. The smallest absolute Gasteiger partial charge is 0.293 e. The molecule has 0 spiro atoms. The Kier molecular flexibility index (Phi) is 2.74. The fourth-order valence-corrected chi connectivity index (χ4v) is 1.30. The Morgan fingerprint density at radius 2 is 2.19 bits per heavy atom. The van der Waals surface area contributed by atoms with Gasteiger partial charge in [-0.1, -0.05) is 23.7 Å². The van der Waals surface area contributed by atoms with E-state index in [1.54, 1.807) is 24.3 Å². The topological polar surface area (TPSA) is 96.7 Å². The Balaban J connectivity index is 2.17. The lowest BCUT2D eigenvalue weighted by atomic mass is 10.3. The number of nitrogens with two attached hydrogens (primary N) is 1. The number of nitrogen functional groups attached to an aromatic ring is 1. The van der Waals surface area contributed by atoms with Crippen molar-refractivity contribution in [3.8, 4) is 0 Å². The fourth-order valence-electron chi connectivity index (χ4n) is 1.12. The van der Waals surface area contributed by atoms with Crippen molar-refractivity contribution in [3.63, 3.8) is 0 Å². The van der Waals surface area contributed by atoms with Gasteiger partial charge in [0.2, 0.25) is 11.8 Å². The fraction of sp³-hybridized carbons (Fsp3) is 0. The van der Waals surface area contributed by atoms with Crippen molar-refractivity contribution in [1.29, 1.82) is 0 Å². The predicted molar refractivity (Wildman–Crippen MR) is 60.2 cm³/mol. The molecule has 82 valence electrons. The third-order valence-corrected chi connectivity index (χ3v) is 2.17. The Hall–Kier alpha value is -2.08. The molecule has 1 heterocycles. The number of halogens is 1. The number of hydrogen-bond acceptors (Lipinski definition) is 4. The highest BCUT2D eigenvalue weighted by atomic mass is 35.5. The van der Waals surface area contributed by atoms with Crippen molar-refractivity contribution in [2.24, 2.45) is 0 Å². The number of benzene rings is 1. The van der Waals surface area contributed by atoms with Gasteiger partial charge in [-0.15, -0.1) is 5.10 Å². The first-order valence-electron chi connectivity index (χ1n) is 4.40. The van der Waals surface area contributed by atoms with E-state index < -0.39 is 5.91 Å². The number of aromatic nitrogens is 3. The number of H-pyrrole nitrogens is 1. The van der Waals surface area contributed by atoms with Crippen LogP contribution in [0.4, 0.5) is 11.6 Å². The molecule has 2 aromatic rings. The Labute approximate surface area is 95.8 Å². The van der Waals surface area contributed by atoms with E-state index in [9.17, 15) is 4.79 Å². The Morgan fingerprint density at radius 3 is 2.81 bits per heavy atom. The van der Waals surface area contributed by atoms with Crippen LogP contribution in [0.5, 0.6) is 0 Å². The normalized spacial score (nSPS) is 10.1. The highest BCUT2D eigenvalue weighted by molar-refractivity contribution is 6.33. The van der Waals surface area contributed by atoms with Gasteiger partial charge in [-0.2, -0.15) is 4.98 Å². The molecule has 0 radical (unpaired) electrons. The molecule has 4 N–H and O–H groups in total. The van der Waals surface area contributed by atoms with E-state index in [0.717, 1.165) is 0 Å². The van der Waals surface area contributed by atoms with E-state index in [-0.39, 0.29) is 11.8 Å². The third-order valence-electron chi connectivity index (χ3n) is 1.84. The molecule has 0 aliphatic carbocycles. The highest BCUT2D eigenvalue weighted by Gasteiger charge is 2.11. The minimum absolute atomic E-state index is 0.0179. The lowest BCUT2D eigenvalue weighted by Gasteiger charge is -2.03. The van der Waals surface area contributed by atoms with Crippen molar-refractivity contribution in [2.45, 2.75) is 0 Å². The number of carbonyl (C=O) groups excluding carboxylic acids is 1. The summed E-state index contributed by atoms with van der Waals surface area (Å²) in [6.07, 6.45) is 0. The summed E-state index contributed by atoms with van der Waals surface area (Å²) in [4.78, 5) is 15.3. The number of rotatable bonds is 2. The van der Waals surface area contributed by atoms with Crippen molar-refractivity contribution in [2.75, 3.05) is 11.1 Å². The van der Waals surface area contributed by atoms with Gasteiger partial charge >= 0.3 is 0 Å². The predicted octanol–water partition coefficient (Wildman–Crippen LogP) is 1.29. The molecule has 0 aliphatic heterocycles. The molecule has 0 saturated carbocycles. The van der Waals surface area contributed by atoms with Gasteiger partial charge in [0, 0.05) is 0 Å². The first-order valence-corrected chi connectivity index (χ1v) is 4.78. The zero-order chi connectivity index (χ0) is 11.5. The summed E-state index contributed by atoms with van der Waals surface area (Å²) < 4.78 is 0. The van der Waals surface area contributed by atoms with Gasteiger partial charge in [0.05, 0.1) is 10.7 Å². The van der Waals surface area contributed by atoms with Crippen LogP contribution in [-0.2, 0) is 0 Å². The molecule has 1 aromatic heterocycles. The van der Waals surface area contributed by atoms with Crippen molar-refractivity contribution in [3.05, 3.63) is 35.1 Å². The standard InChI is InChI=1S/C9H8ClN5O/c10-5-3-1-2-4-6(5)12-8(16)7-13-9(11)15-14-7/h1-4H,(H,12,16)(H3,11,13,14,15). The van der Waals surface area contributed by atoms with E-state index in [1.807, 2.05) is 0 Å². The van der Waals surface area contributed by atoms with Gasteiger partial charge in [-0.25, -0.2) is 0 Å². The number of nitrogens with zero attached hydrogens (tertiary/aromatic N) is 2. The lowest BCUT2D eigenvalue weighted by molar-refractivity contribution is 0.101. The second-order valence-corrected chi connectivity index (χ2v) is 3.38. The summed E-state index contributed by atoms with van der Waals surface area (Å²) in [5.74, 6) is -0.390. The van der Waals surface area contributed by atoms with Crippen LogP contribution in [0.15, 0.2) is 24.3 Å². The molecular formula is C9H8ClN5O. The average Bonchev–Trinajstić information content (AvgIpc) is 2.68. The number of para-hydroxylation sites is 1. The number of hydrogen-bond donors (Lipinski definition) is 3. The van der Waals surface area contributed by atoms with Gasteiger partial charge in [-0.3, -0.25) is 9.89 Å². The number of aromatic amines is 1. The molecular weight excluding hydrogens is 230 g/mol. The van der Waals surface area contributed by atoms with Crippen LogP contribution in [-0.4, -0.2) is 21.1 Å². The molecule has 0 saturated heterocycles.